The van der Waals surface area contributed by atoms with E-state index in [1.54, 1.807) is 18.0 Å². The van der Waals surface area contributed by atoms with Crippen molar-refractivity contribution < 1.29 is 14.1 Å². The number of hydrazine groups is 1. The van der Waals surface area contributed by atoms with Crippen LogP contribution in [-0.4, -0.2) is 40.1 Å². The van der Waals surface area contributed by atoms with Crippen molar-refractivity contribution in [2.24, 2.45) is 5.92 Å². The Hall–Kier alpha value is -2.63. The third-order valence-corrected chi connectivity index (χ3v) is 5.00. The number of hydrogen-bond acceptors (Lipinski definition) is 4. The van der Waals surface area contributed by atoms with Crippen LogP contribution in [0.4, 0.5) is 0 Å². The van der Waals surface area contributed by atoms with Crippen LogP contribution in [0.5, 0.6) is 0 Å². The molecule has 25 heavy (non-hydrogen) atoms. The van der Waals surface area contributed by atoms with Gasteiger partial charge in [-0.25, -0.2) is 5.01 Å². The number of fused-ring (bicyclic) bond motifs is 1. The second-order valence-electron chi connectivity index (χ2n) is 6.87. The first-order valence-electron chi connectivity index (χ1n) is 8.74. The molecule has 6 nitrogen and oxygen atoms in total. The van der Waals surface area contributed by atoms with Gasteiger partial charge in [0, 0.05) is 25.6 Å². The largest absolute Gasteiger partial charge is 0.361 e. The molecule has 130 valence electrons. The zero-order chi connectivity index (χ0) is 17.4. The summed E-state index contributed by atoms with van der Waals surface area (Å²) in [5, 5.41) is 6.89. The minimum atomic E-state index is -0.266. The van der Waals surface area contributed by atoms with Crippen LogP contribution in [0.25, 0.3) is 0 Å². The molecule has 6 heteroatoms. The maximum absolute atomic E-state index is 12.8. The van der Waals surface area contributed by atoms with Crippen molar-refractivity contribution >= 4 is 11.8 Å². The van der Waals surface area contributed by atoms with Gasteiger partial charge >= 0.3 is 0 Å². The normalized spacial score (nSPS) is 17.2. The summed E-state index contributed by atoms with van der Waals surface area (Å²) in [5.41, 5.74) is 2.94. The molecule has 0 atom stereocenters. The van der Waals surface area contributed by atoms with Crippen molar-refractivity contribution in [3.8, 4) is 0 Å². The molecule has 2 aliphatic rings. The van der Waals surface area contributed by atoms with E-state index in [4.69, 9.17) is 4.52 Å². The third-order valence-electron chi connectivity index (χ3n) is 5.00. The monoisotopic (exact) mass is 339 g/mol. The first-order valence-corrected chi connectivity index (χ1v) is 8.74. The number of rotatable bonds is 3. The van der Waals surface area contributed by atoms with Crippen LogP contribution in [-0.2, 0) is 17.6 Å². The third kappa shape index (κ3) is 3.04. The van der Waals surface area contributed by atoms with Gasteiger partial charge in [-0.2, -0.15) is 0 Å². The molecule has 0 radical (unpaired) electrons. The summed E-state index contributed by atoms with van der Waals surface area (Å²) >= 11 is 0. The lowest BCUT2D eigenvalue weighted by atomic mass is 10.0. The van der Waals surface area contributed by atoms with E-state index in [1.807, 2.05) is 12.1 Å². The standard InChI is InChI=1S/C19H21N3O3/c1-13-9-17(20-25-13)19(24)22-8-4-7-21(22)18(23)12-14-10-15-5-2-3-6-16(15)11-14/h2-3,5-6,9,14H,4,7-8,10-12H2,1H3. The highest BCUT2D eigenvalue weighted by atomic mass is 16.5. The van der Waals surface area contributed by atoms with E-state index >= 15 is 0 Å². The van der Waals surface area contributed by atoms with Gasteiger partial charge in [0.15, 0.2) is 5.69 Å². The van der Waals surface area contributed by atoms with Gasteiger partial charge in [0.2, 0.25) is 5.91 Å². The molecule has 0 bridgehead atoms. The predicted molar refractivity (Wildman–Crippen MR) is 90.6 cm³/mol. The zero-order valence-corrected chi connectivity index (χ0v) is 14.3. The van der Waals surface area contributed by atoms with Gasteiger partial charge in [0.1, 0.15) is 5.76 Å². The Balaban J connectivity index is 1.42. The average Bonchev–Trinajstić information content (AvgIpc) is 3.32. The number of aromatic nitrogens is 1. The number of aryl methyl sites for hydroxylation is 1. The lowest BCUT2D eigenvalue weighted by Crippen LogP contribution is -2.45. The maximum atomic E-state index is 12.8. The fraction of sp³-hybridized carbons (Fsp3) is 0.421. The van der Waals surface area contributed by atoms with E-state index < -0.39 is 0 Å². The van der Waals surface area contributed by atoms with Crippen LogP contribution >= 0.6 is 0 Å². The summed E-state index contributed by atoms with van der Waals surface area (Å²) in [6.45, 7) is 2.87. The second kappa shape index (κ2) is 6.35. The van der Waals surface area contributed by atoms with Gasteiger partial charge in [-0.1, -0.05) is 29.4 Å². The number of amides is 2. The smallest absolute Gasteiger partial charge is 0.294 e. The Morgan fingerprint density at radius 1 is 1.16 bits per heavy atom. The van der Waals surface area contributed by atoms with Crippen molar-refractivity contribution in [2.45, 2.75) is 32.6 Å². The highest BCUT2D eigenvalue weighted by Crippen LogP contribution is 2.29. The summed E-state index contributed by atoms with van der Waals surface area (Å²) in [6, 6.07) is 9.97. The van der Waals surface area contributed by atoms with E-state index in [2.05, 4.69) is 17.3 Å². The van der Waals surface area contributed by atoms with E-state index in [0.717, 1.165) is 19.3 Å². The van der Waals surface area contributed by atoms with Crippen molar-refractivity contribution in [2.75, 3.05) is 13.1 Å². The van der Waals surface area contributed by atoms with Gasteiger partial charge in [0.05, 0.1) is 0 Å². The molecule has 0 unspecified atom stereocenters. The number of hydrogen-bond donors (Lipinski definition) is 0. The van der Waals surface area contributed by atoms with Gasteiger partial charge in [-0.3, -0.25) is 14.6 Å². The summed E-state index contributed by atoms with van der Waals surface area (Å²) < 4.78 is 4.98. The lowest BCUT2D eigenvalue weighted by molar-refractivity contribution is -0.141. The van der Waals surface area contributed by atoms with Gasteiger partial charge in [-0.05, 0) is 43.2 Å². The van der Waals surface area contributed by atoms with Crippen LogP contribution in [0, 0.1) is 12.8 Å². The predicted octanol–water partition coefficient (Wildman–Crippen LogP) is 2.38. The van der Waals surface area contributed by atoms with E-state index in [1.165, 1.54) is 16.1 Å². The van der Waals surface area contributed by atoms with Crippen LogP contribution in [0.2, 0.25) is 0 Å². The molecule has 4 rings (SSSR count). The fourth-order valence-corrected chi connectivity index (χ4v) is 3.83. The van der Waals surface area contributed by atoms with Crippen molar-refractivity contribution in [1.29, 1.82) is 0 Å². The molecular formula is C19H21N3O3. The number of carbonyl (C=O) groups excluding carboxylic acids is 2. The number of benzene rings is 1. The SMILES string of the molecule is Cc1cc(C(=O)N2CCCN2C(=O)CC2Cc3ccccc3C2)no1. The Labute approximate surface area is 146 Å². The topological polar surface area (TPSA) is 66.7 Å². The molecule has 1 aromatic carbocycles. The van der Waals surface area contributed by atoms with E-state index in [9.17, 15) is 9.59 Å². The number of carbonyl (C=O) groups is 2. The second-order valence-corrected chi connectivity index (χ2v) is 6.87. The minimum absolute atomic E-state index is 0.0175. The molecule has 0 N–H and O–H groups in total. The molecule has 1 fully saturated rings. The van der Waals surface area contributed by atoms with Crippen molar-refractivity contribution in [1.82, 2.24) is 15.2 Å². The molecular weight excluding hydrogens is 318 g/mol. The Morgan fingerprint density at radius 3 is 2.48 bits per heavy atom. The minimum Gasteiger partial charge on any atom is -0.361 e. The van der Waals surface area contributed by atoms with Crippen LogP contribution in [0.1, 0.15) is 40.2 Å². The summed E-state index contributed by atoms with van der Waals surface area (Å²) in [6.07, 6.45) is 3.13. The van der Waals surface area contributed by atoms with Gasteiger partial charge < -0.3 is 4.52 Å². The molecule has 1 saturated heterocycles. The molecule has 0 saturated carbocycles. The van der Waals surface area contributed by atoms with Crippen LogP contribution in [0.3, 0.4) is 0 Å². The van der Waals surface area contributed by atoms with Crippen molar-refractivity contribution in [3.05, 3.63) is 52.9 Å². The van der Waals surface area contributed by atoms with Gasteiger partial charge in [0.25, 0.3) is 5.91 Å². The Kier molecular flexibility index (Phi) is 4.03. The highest BCUT2D eigenvalue weighted by molar-refractivity contribution is 5.94. The summed E-state index contributed by atoms with van der Waals surface area (Å²) in [5.74, 6) is 0.655. The molecule has 2 aromatic rings. The number of nitrogens with zero attached hydrogens (tertiary/aromatic N) is 3. The lowest BCUT2D eigenvalue weighted by Gasteiger charge is -2.28. The maximum Gasteiger partial charge on any atom is 0.294 e. The average molecular weight is 339 g/mol. The van der Waals surface area contributed by atoms with Gasteiger partial charge in [-0.15, -0.1) is 0 Å². The van der Waals surface area contributed by atoms with E-state index in [-0.39, 0.29) is 17.5 Å². The first kappa shape index (κ1) is 15.9. The molecule has 1 aromatic heterocycles. The Morgan fingerprint density at radius 2 is 1.84 bits per heavy atom. The van der Waals surface area contributed by atoms with Crippen molar-refractivity contribution in [3.63, 3.8) is 0 Å². The molecule has 1 aliphatic carbocycles. The molecule has 0 spiro atoms. The zero-order valence-electron chi connectivity index (χ0n) is 14.3. The molecule has 1 aliphatic heterocycles. The summed E-state index contributed by atoms with van der Waals surface area (Å²) in [7, 11) is 0. The quantitative estimate of drug-likeness (QED) is 0.861. The molecule has 2 amide bonds. The molecule has 2 heterocycles. The first-order chi connectivity index (χ1) is 12.1. The van der Waals surface area contributed by atoms with E-state index in [0.29, 0.717) is 31.2 Å². The summed E-state index contributed by atoms with van der Waals surface area (Å²) in [4.78, 5) is 25.4. The van der Waals surface area contributed by atoms with Crippen LogP contribution < -0.4 is 0 Å². The highest BCUT2D eigenvalue weighted by Gasteiger charge is 2.34. The van der Waals surface area contributed by atoms with Crippen LogP contribution in [0.15, 0.2) is 34.9 Å². The Bertz CT molecular complexity index is 789. The fourth-order valence-electron chi connectivity index (χ4n) is 3.83.